The highest BCUT2D eigenvalue weighted by atomic mass is 32.2. The fourth-order valence-corrected chi connectivity index (χ4v) is 3.51. The van der Waals surface area contributed by atoms with Crippen molar-refractivity contribution in [3.05, 3.63) is 47.8 Å². The first kappa shape index (κ1) is 21.9. The smallest absolute Gasteiger partial charge is 0.335 e. The number of rotatable bonds is 7. The molecule has 0 radical (unpaired) electrons. The topological polar surface area (TPSA) is 84.3 Å². The van der Waals surface area contributed by atoms with Gasteiger partial charge in [-0.15, -0.1) is 0 Å². The van der Waals surface area contributed by atoms with Crippen molar-refractivity contribution in [1.82, 2.24) is 19.4 Å². The van der Waals surface area contributed by atoms with E-state index < -0.39 is 39.1 Å². The molecule has 0 spiro atoms. The van der Waals surface area contributed by atoms with Gasteiger partial charge in [-0.25, -0.2) is 13.1 Å². The molecule has 0 saturated heterocycles. The number of benzene rings is 1. The number of carbonyl (C=O) groups excluding carboxylic acids is 1. The zero-order valence-electron chi connectivity index (χ0n) is 15.6. The molecule has 0 fully saturated rings. The maximum atomic E-state index is 12.8. The van der Waals surface area contributed by atoms with Crippen molar-refractivity contribution in [3.63, 3.8) is 0 Å². The molecule has 1 amide bonds. The predicted molar refractivity (Wildman–Crippen MR) is 95.5 cm³/mol. The summed E-state index contributed by atoms with van der Waals surface area (Å²) >= 11 is 0. The van der Waals surface area contributed by atoms with Gasteiger partial charge < -0.3 is 4.90 Å². The van der Waals surface area contributed by atoms with E-state index in [2.05, 4.69) is 9.82 Å². The molecule has 0 saturated carbocycles. The number of amides is 1. The Morgan fingerprint density at radius 2 is 2.00 bits per heavy atom. The minimum Gasteiger partial charge on any atom is -0.335 e. The minimum atomic E-state index is -4.67. The van der Waals surface area contributed by atoms with E-state index in [1.807, 2.05) is 0 Å². The maximum Gasteiger partial charge on any atom is 0.416 e. The summed E-state index contributed by atoms with van der Waals surface area (Å²) < 4.78 is 66.6. The average Bonchev–Trinajstić information content (AvgIpc) is 3.02. The minimum absolute atomic E-state index is 0.217. The number of alkyl halides is 3. The summed E-state index contributed by atoms with van der Waals surface area (Å²) in [4.78, 5) is 13.4. The van der Waals surface area contributed by atoms with Crippen molar-refractivity contribution in [2.75, 3.05) is 6.54 Å². The molecule has 0 aliphatic rings. The van der Waals surface area contributed by atoms with Gasteiger partial charge in [-0.1, -0.05) is 6.07 Å². The van der Waals surface area contributed by atoms with Gasteiger partial charge in [0.1, 0.15) is 0 Å². The number of hydrogen-bond acceptors (Lipinski definition) is 4. The van der Waals surface area contributed by atoms with Crippen molar-refractivity contribution >= 4 is 15.9 Å². The Bertz CT molecular complexity index is 939. The van der Waals surface area contributed by atoms with Crippen LogP contribution in [0.25, 0.3) is 0 Å². The SMILES string of the molecule is CC(C)N(Cc1cnn(C)c1)C(=O)CNS(=O)(=O)c1cccc(C(F)(F)F)c1. The van der Waals surface area contributed by atoms with Crippen LogP contribution in [0.3, 0.4) is 0 Å². The zero-order valence-corrected chi connectivity index (χ0v) is 16.4. The van der Waals surface area contributed by atoms with E-state index in [4.69, 9.17) is 0 Å². The molecule has 2 rings (SSSR count). The fourth-order valence-electron chi connectivity index (χ4n) is 2.49. The molecule has 2 aromatic rings. The fraction of sp³-hybridized carbons (Fsp3) is 0.412. The van der Waals surface area contributed by atoms with Crippen LogP contribution in [0.2, 0.25) is 0 Å². The van der Waals surface area contributed by atoms with E-state index in [9.17, 15) is 26.4 Å². The highest BCUT2D eigenvalue weighted by Gasteiger charge is 2.32. The van der Waals surface area contributed by atoms with Gasteiger partial charge in [-0.3, -0.25) is 9.48 Å². The molecule has 28 heavy (non-hydrogen) atoms. The zero-order chi connectivity index (χ0) is 21.1. The summed E-state index contributed by atoms with van der Waals surface area (Å²) in [5.74, 6) is -0.505. The van der Waals surface area contributed by atoms with Gasteiger partial charge in [0, 0.05) is 31.4 Å². The third-order valence-corrected chi connectivity index (χ3v) is 5.34. The number of halogens is 3. The van der Waals surface area contributed by atoms with Gasteiger partial charge in [0.2, 0.25) is 15.9 Å². The second-order valence-corrected chi connectivity index (χ2v) is 8.25. The van der Waals surface area contributed by atoms with Crippen molar-refractivity contribution in [1.29, 1.82) is 0 Å². The van der Waals surface area contributed by atoms with E-state index in [1.165, 1.54) is 4.90 Å². The van der Waals surface area contributed by atoms with Gasteiger partial charge in [0.25, 0.3) is 0 Å². The van der Waals surface area contributed by atoms with Crippen LogP contribution in [0.15, 0.2) is 41.6 Å². The van der Waals surface area contributed by atoms with Crippen LogP contribution in [0.1, 0.15) is 25.0 Å². The van der Waals surface area contributed by atoms with Gasteiger partial charge in [-0.2, -0.15) is 18.3 Å². The van der Waals surface area contributed by atoms with E-state index in [-0.39, 0.29) is 12.6 Å². The number of aryl methyl sites for hydroxylation is 1. The Morgan fingerprint density at radius 3 is 2.54 bits per heavy atom. The molecule has 1 N–H and O–H groups in total. The predicted octanol–water partition coefficient (Wildman–Crippen LogP) is 2.15. The van der Waals surface area contributed by atoms with Crippen LogP contribution >= 0.6 is 0 Å². The molecule has 0 bridgehead atoms. The lowest BCUT2D eigenvalue weighted by atomic mass is 10.2. The molecule has 0 aliphatic heterocycles. The van der Waals surface area contributed by atoms with Crippen LogP contribution in [-0.4, -0.2) is 41.6 Å². The first-order valence-corrected chi connectivity index (χ1v) is 9.82. The van der Waals surface area contributed by atoms with Crippen molar-refractivity contribution in [2.24, 2.45) is 7.05 Å². The highest BCUT2D eigenvalue weighted by Crippen LogP contribution is 2.30. The largest absolute Gasteiger partial charge is 0.416 e. The van der Waals surface area contributed by atoms with E-state index in [1.54, 1.807) is 38.0 Å². The first-order chi connectivity index (χ1) is 12.9. The molecular weight excluding hydrogens is 397 g/mol. The van der Waals surface area contributed by atoms with Gasteiger partial charge >= 0.3 is 6.18 Å². The highest BCUT2D eigenvalue weighted by molar-refractivity contribution is 7.89. The monoisotopic (exact) mass is 418 g/mol. The normalized spacial score (nSPS) is 12.4. The number of sulfonamides is 1. The number of nitrogens with zero attached hydrogens (tertiary/aromatic N) is 3. The molecule has 0 aliphatic carbocycles. The van der Waals surface area contributed by atoms with Gasteiger partial charge in [-0.05, 0) is 32.0 Å². The summed E-state index contributed by atoms with van der Waals surface area (Å²) in [6.07, 6.45) is -1.34. The first-order valence-electron chi connectivity index (χ1n) is 8.34. The van der Waals surface area contributed by atoms with Gasteiger partial charge in [0.05, 0.1) is 23.2 Å². The summed E-state index contributed by atoms with van der Waals surface area (Å²) in [7, 11) is -2.55. The molecule has 1 heterocycles. The van der Waals surface area contributed by atoms with Crippen molar-refractivity contribution in [2.45, 2.75) is 37.5 Å². The average molecular weight is 418 g/mol. The Morgan fingerprint density at radius 1 is 1.32 bits per heavy atom. The lowest BCUT2D eigenvalue weighted by Crippen LogP contribution is -2.43. The maximum absolute atomic E-state index is 12.8. The molecule has 11 heteroatoms. The van der Waals surface area contributed by atoms with Crippen LogP contribution in [0.4, 0.5) is 13.2 Å². The van der Waals surface area contributed by atoms with Crippen molar-refractivity contribution in [3.8, 4) is 0 Å². The quantitative estimate of drug-likeness (QED) is 0.747. The standard InChI is InChI=1S/C17H21F3N4O3S/c1-12(2)24(11-13-8-21-23(3)10-13)16(25)9-22-28(26,27)15-6-4-5-14(7-15)17(18,19)20/h4-8,10,12,22H,9,11H2,1-3H3. The lowest BCUT2D eigenvalue weighted by Gasteiger charge is -2.26. The third-order valence-electron chi connectivity index (χ3n) is 3.94. The molecular formula is C17H21F3N4O3S. The van der Waals surface area contributed by atoms with Crippen molar-refractivity contribution < 1.29 is 26.4 Å². The van der Waals surface area contributed by atoms with Crippen LogP contribution in [0.5, 0.6) is 0 Å². The van der Waals surface area contributed by atoms with Gasteiger partial charge in [0.15, 0.2) is 0 Å². The Balaban J connectivity index is 2.11. The second kappa shape index (κ2) is 8.31. The Hall–Kier alpha value is -2.40. The molecule has 1 aromatic carbocycles. The number of aromatic nitrogens is 2. The number of hydrogen-bond donors (Lipinski definition) is 1. The lowest BCUT2D eigenvalue weighted by molar-refractivity contribution is -0.137. The summed E-state index contributed by atoms with van der Waals surface area (Å²) in [5.41, 5.74) is -0.313. The number of carbonyl (C=O) groups is 1. The molecule has 0 unspecified atom stereocenters. The molecule has 1 aromatic heterocycles. The number of nitrogens with one attached hydrogen (secondary N) is 1. The summed E-state index contributed by atoms with van der Waals surface area (Å²) in [5, 5.41) is 4.02. The second-order valence-electron chi connectivity index (χ2n) is 6.49. The van der Waals surface area contributed by atoms with E-state index in [0.29, 0.717) is 6.07 Å². The third kappa shape index (κ3) is 5.55. The summed E-state index contributed by atoms with van der Waals surface area (Å²) in [6, 6.07) is 3.13. The molecule has 0 atom stereocenters. The molecule has 7 nitrogen and oxygen atoms in total. The van der Waals surface area contributed by atoms with Crippen LogP contribution in [0, 0.1) is 0 Å². The Labute approximate surface area is 161 Å². The van der Waals surface area contributed by atoms with Crippen LogP contribution in [-0.2, 0) is 34.6 Å². The summed E-state index contributed by atoms with van der Waals surface area (Å²) in [6.45, 7) is 3.21. The van der Waals surface area contributed by atoms with E-state index >= 15 is 0 Å². The van der Waals surface area contributed by atoms with E-state index in [0.717, 1.165) is 23.8 Å². The van der Waals surface area contributed by atoms with Crippen LogP contribution < -0.4 is 4.72 Å². The Kier molecular flexibility index (Phi) is 6.50. The molecule has 154 valence electrons.